The van der Waals surface area contributed by atoms with Crippen molar-refractivity contribution in [2.24, 2.45) is 5.73 Å². The molecule has 2 N–H and O–H groups in total. The predicted molar refractivity (Wildman–Crippen MR) is 54.4 cm³/mol. The molecule has 1 rings (SSSR count). The number of hydrogen-bond acceptors (Lipinski definition) is 3. The maximum atomic E-state index is 5.51. The summed E-state index contributed by atoms with van der Waals surface area (Å²) in [7, 11) is 0. The van der Waals surface area contributed by atoms with Crippen molar-refractivity contribution >= 4 is 17.1 Å². The molecule has 1 heterocycles. The Labute approximate surface area is 78.8 Å². The Bertz CT molecular complexity index is 201. The molecule has 1 saturated heterocycles. The highest BCUT2D eigenvalue weighted by Gasteiger charge is 2.21. The van der Waals surface area contributed by atoms with Crippen LogP contribution in [0.5, 0.6) is 0 Å². The SMILES string of the molecule is CC/C=C1/CCOC(CN)C1=S. The van der Waals surface area contributed by atoms with Gasteiger partial charge < -0.3 is 10.5 Å². The Kier molecular flexibility index (Phi) is 3.85. The van der Waals surface area contributed by atoms with E-state index < -0.39 is 0 Å². The van der Waals surface area contributed by atoms with Crippen molar-refractivity contribution in [3.8, 4) is 0 Å². The van der Waals surface area contributed by atoms with Gasteiger partial charge in [0.15, 0.2) is 0 Å². The molecule has 0 amide bonds. The maximum absolute atomic E-state index is 5.51. The van der Waals surface area contributed by atoms with Crippen molar-refractivity contribution in [2.45, 2.75) is 25.9 Å². The van der Waals surface area contributed by atoms with Gasteiger partial charge in [-0.3, -0.25) is 0 Å². The summed E-state index contributed by atoms with van der Waals surface area (Å²) in [5.74, 6) is 0. The van der Waals surface area contributed by atoms with Crippen molar-refractivity contribution < 1.29 is 4.74 Å². The van der Waals surface area contributed by atoms with E-state index >= 15 is 0 Å². The predicted octanol–water partition coefficient (Wildman–Crippen LogP) is 1.44. The first kappa shape index (κ1) is 9.84. The van der Waals surface area contributed by atoms with Crippen molar-refractivity contribution in [1.82, 2.24) is 0 Å². The first-order chi connectivity index (χ1) is 5.79. The molecule has 1 atom stereocenters. The summed E-state index contributed by atoms with van der Waals surface area (Å²) in [5, 5.41) is 0. The van der Waals surface area contributed by atoms with Gasteiger partial charge in [-0.15, -0.1) is 0 Å². The smallest absolute Gasteiger partial charge is 0.105 e. The van der Waals surface area contributed by atoms with Gasteiger partial charge in [0, 0.05) is 11.4 Å². The third-order valence-electron chi connectivity index (χ3n) is 1.96. The third-order valence-corrected chi connectivity index (χ3v) is 2.49. The van der Waals surface area contributed by atoms with Crippen molar-refractivity contribution in [2.75, 3.05) is 13.2 Å². The molecule has 0 bridgehead atoms. The normalized spacial score (nSPS) is 28.0. The molecule has 0 aliphatic carbocycles. The zero-order chi connectivity index (χ0) is 8.97. The van der Waals surface area contributed by atoms with Gasteiger partial charge in [-0.2, -0.15) is 0 Å². The van der Waals surface area contributed by atoms with Crippen LogP contribution in [0.4, 0.5) is 0 Å². The molecular weight excluding hydrogens is 170 g/mol. The highest BCUT2D eigenvalue weighted by Crippen LogP contribution is 2.17. The van der Waals surface area contributed by atoms with Crippen molar-refractivity contribution in [3.63, 3.8) is 0 Å². The van der Waals surface area contributed by atoms with Crippen LogP contribution in [0.2, 0.25) is 0 Å². The molecule has 1 unspecified atom stereocenters. The Morgan fingerprint density at radius 3 is 3.08 bits per heavy atom. The minimum absolute atomic E-state index is 0.0217. The van der Waals surface area contributed by atoms with E-state index in [-0.39, 0.29) is 6.10 Å². The summed E-state index contributed by atoms with van der Waals surface area (Å²) in [6.45, 7) is 3.37. The number of ether oxygens (including phenoxy) is 1. The summed E-state index contributed by atoms with van der Waals surface area (Å²) in [4.78, 5) is 0.908. The molecule has 1 fully saturated rings. The summed E-state index contributed by atoms with van der Waals surface area (Å²) in [6, 6.07) is 0. The number of hydrogen-bond donors (Lipinski definition) is 1. The molecule has 1 aliphatic heterocycles. The fraction of sp³-hybridized carbons (Fsp3) is 0.667. The molecule has 0 radical (unpaired) electrons. The Balaban J connectivity index is 2.66. The van der Waals surface area contributed by atoms with Gasteiger partial charge >= 0.3 is 0 Å². The van der Waals surface area contributed by atoms with Crippen LogP contribution in [0, 0.1) is 0 Å². The number of thiocarbonyl (C=S) groups is 1. The van der Waals surface area contributed by atoms with Crippen LogP contribution in [0.1, 0.15) is 19.8 Å². The standard InChI is InChI=1S/C9H15NOS/c1-2-3-7-4-5-11-8(6-10)9(7)12/h3,8H,2,4-6,10H2,1H3/b7-3-. The molecule has 3 heteroatoms. The molecule has 0 aromatic carbocycles. The summed E-state index contributed by atoms with van der Waals surface area (Å²) in [6.07, 6.45) is 4.13. The molecule has 2 nitrogen and oxygen atoms in total. The average Bonchev–Trinajstić information content (AvgIpc) is 2.09. The molecule has 0 saturated carbocycles. The zero-order valence-electron chi connectivity index (χ0n) is 7.38. The monoisotopic (exact) mass is 185 g/mol. The topological polar surface area (TPSA) is 35.2 Å². The molecular formula is C9H15NOS. The van der Waals surface area contributed by atoms with Gasteiger partial charge in [0.1, 0.15) is 6.10 Å². The molecule has 1 aliphatic rings. The highest BCUT2D eigenvalue weighted by molar-refractivity contribution is 7.81. The highest BCUT2D eigenvalue weighted by atomic mass is 32.1. The molecule has 68 valence electrons. The van der Waals surface area contributed by atoms with Crippen LogP contribution >= 0.6 is 12.2 Å². The van der Waals surface area contributed by atoms with E-state index in [1.165, 1.54) is 5.57 Å². The molecule has 0 aromatic rings. The first-order valence-electron chi connectivity index (χ1n) is 4.34. The summed E-state index contributed by atoms with van der Waals surface area (Å²) >= 11 is 5.24. The molecule has 0 aromatic heterocycles. The fourth-order valence-electron chi connectivity index (χ4n) is 1.34. The van der Waals surface area contributed by atoms with Crippen LogP contribution in [0.15, 0.2) is 11.6 Å². The third kappa shape index (κ3) is 2.12. The largest absolute Gasteiger partial charge is 0.371 e. The number of nitrogens with two attached hydrogens (primary N) is 1. The second-order valence-corrected chi connectivity index (χ2v) is 3.29. The maximum Gasteiger partial charge on any atom is 0.105 e. The zero-order valence-corrected chi connectivity index (χ0v) is 8.19. The van der Waals surface area contributed by atoms with E-state index in [1.807, 2.05) is 0 Å². The minimum Gasteiger partial charge on any atom is -0.371 e. The lowest BCUT2D eigenvalue weighted by Crippen LogP contribution is -2.36. The quantitative estimate of drug-likeness (QED) is 0.522. The summed E-state index contributed by atoms with van der Waals surface area (Å²) in [5.41, 5.74) is 6.77. The van der Waals surface area contributed by atoms with Gasteiger partial charge in [-0.1, -0.05) is 25.2 Å². The Morgan fingerprint density at radius 1 is 1.75 bits per heavy atom. The van der Waals surface area contributed by atoms with Crippen LogP contribution in [-0.4, -0.2) is 24.1 Å². The Hall–Kier alpha value is -0.250. The van der Waals surface area contributed by atoms with Gasteiger partial charge in [-0.25, -0.2) is 0 Å². The average molecular weight is 185 g/mol. The van der Waals surface area contributed by atoms with Crippen LogP contribution < -0.4 is 5.73 Å². The number of allylic oxidation sites excluding steroid dienone is 1. The van der Waals surface area contributed by atoms with E-state index in [1.54, 1.807) is 0 Å². The Morgan fingerprint density at radius 2 is 2.50 bits per heavy atom. The number of rotatable bonds is 2. The summed E-state index contributed by atoms with van der Waals surface area (Å²) < 4.78 is 5.41. The van der Waals surface area contributed by atoms with E-state index in [0.29, 0.717) is 6.54 Å². The lowest BCUT2D eigenvalue weighted by molar-refractivity contribution is 0.0984. The van der Waals surface area contributed by atoms with Crippen LogP contribution in [0.25, 0.3) is 0 Å². The van der Waals surface area contributed by atoms with Gasteiger partial charge in [0.05, 0.1) is 6.61 Å². The first-order valence-corrected chi connectivity index (χ1v) is 4.75. The van der Waals surface area contributed by atoms with Crippen LogP contribution in [0.3, 0.4) is 0 Å². The van der Waals surface area contributed by atoms with Crippen molar-refractivity contribution in [1.29, 1.82) is 0 Å². The van der Waals surface area contributed by atoms with Crippen molar-refractivity contribution in [3.05, 3.63) is 11.6 Å². The van der Waals surface area contributed by atoms with E-state index in [0.717, 1.165) is 24.3 Å². The van der Waals surface area contributed by atoms with E-state index in [9.17, 15) is 0 Å². The van der Waals surface area contributed by atoms with Gasteiger partial charge in [-0.05, 0) is 18.4 Å². The van der Waals surface area contributed by atoms with Crippen LogP contribution in [-0.2, 0) is 4.74 Å². The fourth-order valence-corrected chi connectivity index (χ4v) is 1.69. The van der Waals surface area contributed by atoms with Gasteiger partial charge in [0.2, 0.25) is 0 Å². The second kappa shape index (κ2) is 4.70. The lowest BCUT2D eigenvalue weighted by Gasteiger charge is -2.24. The van der Waals surface area contributed by atoms with E-state index in [2.05, 4.69) is 13.0 Å². The second-order valence-electron chi connectivity index (χ2n) is 2.85. The molecule has 12 heavy (non-hydrogen) atoms. The van der Waals surface area contributed by atoms with E-state index in [4.69, 9.17) is 22.7 Å². The lowest BCUT2D eigenvalue weighted by atomic mass is 10.0. The molecule has 0 spiro atoms. The van der Waals surface area contributed by atoms with Gasteiger partial charge in [0.25, 0.3) is 0 Å². The minimum atomic E-state index is -0.0217.